The van der Waals surface area contributed by atoms with Crippen molar-refractivity contribution in [3.8, 4) is 5.75 Å². The molecule has 6 heteroatoms. The summed E-state index contributed by atoms with van der Waals surface area (Å²) in [7, 11) is 1.76. The van der Waals surface area contributed by atoms with Crippen LogP contribution >= 0.6 is 24.0 Å². The summed E-state index contributed by atoms with van der Waals surface area (Å²) in [4.78, 5) is 14.0. The number of benzene rings is 1. The Morgan fingerprint density at radius 1 is 1.45 bits per heavy atom. The normalized spacial score (nSPS) is 12.3. The maximum atomic E-state index is 12.4. The van der Waals surface area contributed by atoms with E-state index in [1.165, 1.54) is 0 Å². The SMILES string of the molecule is Cc1ccc(Cl)c(OC(C)C(=O)N(C)CC(C)(C)CN)c1.Cl. The topological polar surface area (TPSA) is 55.6 Å². The minimum Gasteiger partial charge on any atom is -0.479 e. The zero-order chi connectivity index (χ0) is 16.2. The van der Waals surface area contributed by atoms with Gasteiger partial charge >= 0.3 is 0 Å². The molecule has 126 valence electrons. The molecule has 0 saturated heterocycles. The van der Waals surface area contributed by atoms with Crippen molar-refractivity contribution in [2.24, 2.45) is 11.1 Å². The number of nitrogens with two attached hydrogens (primary N) is 1. The first-order valence-electron chi connectivity index (χ1n) is 7.04. The molecule has 0 bridgehead atoms. The van der Waals surface area contributed by atoms with Crippen LogP contribution in [0.5, 0.6) is 5.75 Å². The highest BCUT2D eigenvalue weighted by Crippen LogP contribution is 2.26. The van der Waals surface area contributed by atoms with Crippen molar-refractivity contribution >= 4 is 29.9 Å². The zero-order valence-electron chi connectivity index (χ0n) is 13.9. The predicted octanol–water partition coefficient (Wildman–Crippen LogP) is 3.28. The molecule has 1 aromatic carbocycles. The molecule has 4 nitrogen and oxygen atoms in total. The van der Waals surface area contributed by atoms with Crippen molar-refractivity contribution in [3.63, 3.8) is 0 Å². The molecule has 0 spiro atoms. The van der Waals surface area contributed by atoms with E-state index in [4.69, 9.17) is 22.1 Å². The summed E-state index contributed by atoms with van der Waals surface area (Å²) in [5.41, 5.74) is 6.62. The van der Waals surface area contributed by atoms with E-state index in [0.717, 1.165) is 5.56 Å². The van der Waals surface area contributed by atoms with Crippen LogP contribution in [0.4, 0.5) is 0 Å². The zero-order valence-corrected chi connectivity index (χ0v) is 15.4. The number of aryl methyl sites for hydroxylation is 1. The van der Waals surface area contributed by atoms with E-state index >= 15 is 0 Å². The molecule has 1 aromatic rings. The molecule has 2 N–H and O–H groups in total. The van der Waals surface area contributed by atoms with Crippen LogP contribution in [0.15, 0.2) is 18.2 Å². The number of ether oxygens (including phenoxy) is 1. The van der Waals surface area contributed by atoms with Crippen molar-refractivity contribution in [1.82, 2.24) is 4.90 Å². The van der Waals surface area contributed by atoms with Gasteiger partial charge in [-0.05, 0) is 43.5 Å². The minimum absolute atomic E-state index is 0. The molecule has 1 atom stereocenters. The Hall–Kier alpha value is -0.970. The second-order valence-electron chi connectivity index (χ2n) is 6.26. The van der Waals surface area contributed by atoms with Gasteiger partial charge in [-0.1, -0.05) is 31.5 Å². The molecule has 0 aliphatic rings. The van der Waals surface area contributed by atoms with Crippen LogP contribution in [0, 0.1) is 12.3 Å². The molecule has 0 fully saturated rings. The smallest absolute Gasteiger partial charge is 0.263 e. The Bertz CT molecular complexity index is 507. The van der Waals surface area contributed by atoms with Crippen LogP contribution < -0.4 is 10.5 Å². The lowest BCUT2D eigenvalue weighted by molar-refractivity contribution is -0.137. The number of carbonyl (C=O) groups excluding carboxylic acids is 1. The first kappa shape index (κ1) is 21.0. The number of nitrogens with zero attached hydrogens (tertiary/aromatic N) is 1. The van der Waals surface area contributed by atoms with E-state index in [9.17, 15) is 4.79 Å². The van der Waals surface area contributed by atoms with E-state index < -0.39 is 6.10 Å². The van der Waals surface area contributed by atoms with Gasteiger partial charge in [0.05, 0.1) is 5.02 Å². The molecule has 0 aliphatic heterocycles. The summed E-state index contributed by atoms with van der Waals surface area (Å²) in [6.45, 7) is 8.83. The summed E-state index contributed by atoms with van der Waals surface area (Å²) in [6.07, 6.45) is -0.595. The third-order valence-corrected chi connectivity index (χ3v) is 3.64. The van der Waals surface area contributed by atoms with Gasteiger partial charge in [0.1, 0.15) is 5.75 Å². The maximum absolute atomic E-state index is 12.4. The molecule has 0 aliphatic carbocycles. The molecule has 22 heavy (non-hydrogen) atoms. The lowest BCUT2D eigenvalue weighted by Gasteiger charge is -2.30. The number of carbonyl (C=O) groups is 1. The third-order valence-electron chi connectivity index (χ3n) is 3.33. The van der Waals surface area contributed by atoms with Crippen LogP contribution in [0.2, 0.25) is 5.02 Å². The average molecular weight is 349 g/mol. The van der Waals surface area contributed by atoms with Crippen LogP contribution in [0.1, 0.15) is 26.3 Å². The Balaban J connectivity index is 0.00000441. The third kappa shape index (κ3) is 6.03. The van der Waals surface area contributed by atoms with Gasteiger partial charge in [-0.2, -0.15) is 0 Å². The van der Waals surface area contributed by atoms with Gasteiger partial charge in [0.2, 0.25) is 0 Å². The van der Waals surface area contributed by atoms with E-state index in [0.29, 0.717) is 23.9 Å². The number of hydrogen-bond donors (Lipinski definition) is 1. The van der Waals surface area contributed by atoms with Gasteiger partial charge < -0.3 is 15.4 Å². The summed E-state index contributed by atoms with van der Waals surface area (Å²) >= 11 is 6.09. The number of amides is 1. The highest BCUT2D eigenvalue weighted by Gasteiger charge is 2.25. The van der Waals surface area contributed by atoms with Crippen LogP contribution in [-0.2, 0) is 4.79 Å². The molecule has 0 heterocycles. The second-order valence-corrected chi connectivity index (χ2v) is 6.66. The molecule has 1 amide bonds. The van der Waals surface area contributed by atoms with E-state index in [1.54, 1.807) is 24.9 Å². The summed E-state index contributed by atoms with van der Waals surface area (Å²) in [6, 6.07) is 5.50. The van der Waals surface area contributed by atoms with Gasteiger partial charge in [0, 0.05) is 13.6 Å². The Morgan fingerprint density at radius 2 is 2.05 bits per heavy atom. The fourth-order valence-electron chi connectivity index (χ4n) is 2.04. The molecular formula is C16H26Cl2N2O2. The lowest BCUT2D eigenvalue weighted by atomic mass is 9.93. The van der Waals surface area contributed by atoms with Crippen molar-refractivity contribution in [3.05, 3.63) is 28.8 Å². The van der Waals surface area contributed by atoms with Crippen molar-refractivity contribution in [1.29, 1.82) is 0 Å². The van der Waals surface area contributed by atoms with Gasteiger partial charge in [0.15, 0.2) is 6.10 Å². The minimum atomic E-state index is -0.595. The second kappa shape index (κ2) is 8.61. The van der Waals surface area contributed by atoms with Crippen LogP contribution in [-0.4, -0.2) is 37.0 Å². The van der Waals surface area contributed by atoms with Crippen LogP contribution in [0.3, 0.4) is 0 Å². The largest absolute Gasteiger partial charge is 0.479 e. The first-order valence-corrected chi connectivity index (χ1v) is 7.42. The Morgan fingerprint density at radius 3 is 2.59 bits per heavy atom. The van der Waals surface area contributed by atoms with E-state index in [2.05, 4.69) is 0 Å². The van der Waals surface area contributed by atoms with Crippen LogP contribution in [0.25, 0.3) is 0 Å². The average Bonchev–Trinajstić information content (AvgIpc) is 2.41. The molecule has 1 rings (SSSR count). The summed E-state index contributed by atoms with van der Waals surface area (Å²) in [5.74, 6) is 0.443. The summed E-state index contributed by atoms with van der Waals surface area (Å²) < 4.78 is 5.70. The number of likely N-dealkylation sites (N-methyl/N-ethyl adjacent to an activating group) is 1. The van der Waals surface area contributed by atoms with E-state index in [1.807, 2.05) is 32.9 Å². The van der Waals surface area contributed by atoms with Crippen molar-refractivity contribution < 1.29 is 9.53 Å². The van der Waals surface area contributed by atoms with Gasteiger partial charge in [-0.15, -0.1) is 12.4 Å². The summed E-state index contributed by atoms with van der Waals surface area (Å²) in [5, 5.41) is 0.505. The predicted molar refractivity (Wildman–Crippen MR) is 94.0 cm³/mol. The fraction of sp³-hybridized carbons (Fsp3) is 0.562. The van der Waals surface area contributed by atoms with Crippen molar-refractivity contribution in [2.75, 3.05) is 20.1 Å². The number of halogens is 2. The maximum Gasteiger partial charge on any atom is 0.263 e. The number of rotatable bonds is 6. The molecule has 0 aromatic heterocycles. The molecule has 1 unspecified atom stereocenters. The lowest BCUT2D eigenvalue weighted by Crippen LogP contribution is -2.44. The monoisotopic (exact) mass is 348 g/mol. The Labute approximate surface area is 144 Å². The Kier molecular flexibility index (Phi) is 8.23. The van der Waals surface area contributed by atoms with Crippen molar-refractivity contribution in [2.45, 2.75) is 33.8 Å². The quantitative estimate of drug-likeness (QED) is 0.858. The fourth-order valence-corrected chi connectivity index (χ4v) is 2.20. The molecular weight excluding hydrogens is 323 g/mol. The highest BCUT2D eigenvalue weighted by atomic mass is 35.5. The van der Waals surface area contributed by atoms with Gasteiger partial charge in [-0.3, -0.25) is 4.79 Å². The van der Waals surface area contributed by atoms with Gasteiger partial charge in [0.25, 0.3) is 5.91 Å². The molecule has 0 saturated carbocycles. The van der Waals surface area contributed by atoms with Gasteiger partial charge in [-0.25, -0.2) is 0 Å². The first-order chi connectivity index (χ1) is 9.66. The number of hydrogen-bond acceptors (Lipinski definition) is 3. The van der Waals surface area contributed by atoms with E-state index in [-0.39, 0.29) is 23.7 Å². The molecule has 0 radical (unpaired) electrons. The highest BCUT2D eigenvalue weighted by molar-refractivity contribution is 6.32. The standard InChI is InChI=1S/C16H25ClN2O2.ClH/c1-11-6-7-13(17)14(8-11)21-12(2)15(20)19(5)10-16(3,4)9-18;/h6-8,12H,9-10,18H2,1-5H3;1H.